The Bertz CT molecular complexity index is 1890. The molecule has 1 aliphatic carbocycles. The van der Waals surface area contributed by atoms with Gasteiger partial charge in [-0.05, 0) is 73.6 Å². The summed E-state index contributed by atoms with van der Waals surface area (Å²) in [5.41, 5.74) is 2.28. The van der Waals surface area contributed by atoms with Crippen LogP contribution < -0.4 is 4.74 Å². The van der Waals surface area contributed by atoms with Crippen molar-refractivity contribution in [2.45, 2.75) is 69.2 Å². The van der Waals surface area contributed by atoms with Crippen molar-refractivity contribution >= 4 is 21.6 Å². The monoisotopic (exact) mass is 616 g/mol. The second kappa shape index (κ2) is 9.98. The molecule has 1 fully saturated rings. The number of aryl methyl sites for hydroxylation is 3. The lowest BCUT2D eigenvalue weighted by Gasteiger charge is -2.24. The molecule has 5 heterocycles. The third-order valence-electron chi connectivity index (χ3n) is 8.00. The Balaban J connectivity index is 1.40. The predicted octanol–water partition coefficient (Wildman–Crippen LogP) is 4.19. The Morgan fingerprint density at radius 2 is 1.88 bits per heavy atom. The molecule has 0 radical (unpaired) electrons. The van der Waals surface area contributed by atoms with Crippen LogP contribution in [0.5, 0.6) is 5.88 Å². The summed E-state index contributed by atoms with van der Waals surface area (Å²) in [6, 6.07) is 4.67. The summed E-state index contributed by atoms with van der Waals surface area (Å²) in [7, 11) is -4.02. The summed E-state index contributed by atoms with van der Waals surface area (Å²) >= 11 is 0. The lowest BCUT2D eigenvalue weighted by Crippen LogP contribution is -2.38. The zero-order chi connectivity index (χ0) is 30.9. The minimum absolute atomic E-state index is 0.0164. The Morgan fingerprint density at radius 3 is 2.56 bits per heavy atom. The second-order valence-corrected chi connectivity index (χ2v) is 13.1. The molecule has 4 aromatic rings. The number of fused-ring (bicyclic) bond motifs is 2. The van der Waals surface area contributed by atoms with Crippen LogP contribution in [-0.2, 0) is 27.5 Å². The van der Waals surface area contributed by atoms with Gasteiger partial charge in [-0.1, -0.05) is 6.07 Å². The van der Waals surface area contributed by atoms with Crippen molar-refractivity contribution in [3.05, 3.63) is 76.1 Å². The van der Waals surface area contributed by atoms with E-state index in [1.165, 1.54) is 28.8 Å². The highest BCUT2D eigenvalue weighted by atomic mass is 32.2. The van der Waals surface area contributed by atoms with Crippen LogP contribution in [0.25, 0.3) is 5.65 Å². The number of aliphatic carboxylic acids is 1. The van der Waals surface area contributed by atoms with Crippen LogP contribution in [0.4, 0.5) is 13.2 Å². The lowest BCUT2D eigenvalue weighted by atomic mass is 9.86. The molecule has 1 atom stereocenters. The predicted molar refractivity (Wildman–Crippen MR) is 145 cm³/mol. The zero-order valence-electron chi connectivity index (χ0n) is 23.4. The maximum Gasteiger partial charge on any atom is 0.452 e. The third kappa shape index (κ3) is 5.20. The van der Waals surface area contributed by atoms with Gasteiger partial charge in [0.05, 0.1) is 13.0 Å². The molecule has 226 valence electrons. The van der Waals surface area contributed by atoms with Gasteiger partial charge in [-0.3, -0.25) is 14.2 Å². The van der Waals surface area contributed by atoms with Crippen LogP contribution in [-0.4, -0.2) is 60.5 Å². The first-order chi connectivity index (χ1) is 20.2. The first-order valence-electron chi connectivity index (χ1n) is 13.4. The molecule has 0 aromatic carbocycles. The Morgan fingerprint density at radius 1 is 1.14 bits per heavy atom. The molecule has 2 aliphatic rings. The van der Waals surface area contributed by atoms with Crippen molar-refractivity contribution in [2.24, 2.45) is 0 Å². The van der Waals surface area contributed by atoms with Gasteiger partial charge in [-0.2, -0.15) is 17.5 Å². The topological polar surface area (TPSA) is 140 Å². The molecule has 6 rings (SSSR count). The van der Waals surface area contributed by atoms with Crippen LogP contribution in [0.3, 0.4) is 0 Å². The summed E-state index contributed by atoms with van der Waals surface area (Å²) in [5.74, 6) is -3.06. The Labute approximate surface area is 244 Å². The normalized spacial score (nSPS) is 18.2. The number of carboxylic acids is 1. The molecule has 43 heavy (non-hydrogen) atoms. The van der Waals surface area contributed by atoms with Gasteiger partial charge in [0, 0.05) is 36.7 Å². The number of hydrogen-bond acceptors (Lipinski definition) is 8. The van der Waals surface area contributed by atoms with Crippen LogP contribution in [0.1, 0.15) is 64.5 Å². The number of nitrogens with zero attached hydrogens (tertiary/aromatic N) is 6. The smallest absolute Gasteiger partial charge is 0.452 e. The largest absolute Gasteiger partial charge is 0.481 e. The number of aromatic nitrogens is 5. The number of carbonyl (C=O) groups is 1. The van der Waals surface area contributed by atoms with E-state index in [-0.39, 0.29) is 29.5 Å². The van der Waals surface area contributed by atoms with Gasteiger partial charge in [0.2, 0.25) is 21.7 Å². The van der Waals surface area contributed by atoms with Crippen LogP contribution in [0.15, 0.2) is 41.7 Å². The number of carboxylic acid groups (broad SMARTS) is 1. The number of hydrogen-bond donors (Lipinski definition) is 1. The van der Waals surface area contributed by atoms with Gasteiger partial charge in [-0.15, -0.1) is 10.2 Å². The van der Waals surface area contributed by atoms with Crippen molar-refractivity contribution < 1.29 is 36.2 Å². The standard InChI is InChI=1S/C28H27F3N6O5S/c1-15-8-22-25(33-11-15)42-27(5-6-27)14-36(43(22,40)41)13-19-9-18(12-32-17(19)3)21(10-23(38)39)20-4-7-37-24(16(20)2)34-35-26(37)28(29,30)31/h4,7-9,11-12,21H,5-6,10,13-14H2,1-3H3,(H,38,39)/t21-/m1/s1. The van der Waals surface area contributed by atoms with E-state index in [0.717, 1.165) is 4.40 Å². The van der Waals surface area contributed by atoms with Gasteiger partial charge in [0.15, 0.2) is 5.65 Å². The summed E-state index contributed by atoms with van der Waals surface area (Å²) in [4.78, 5) is 20.7. The van der Waals surface area contributed by atoms with E-state index >= 15 is 0 Å². The molecule has 0 unspecified atom stereocenters. The van der Waals surface area contributed by atoms with Gasteiger partial charge < -0.3 is 9.84 Å². The average Bonchev–Trinajstić information content (AvgIpc) is 3.54. The van der Waals surface area contributed by atoms with Crippen molar-refractivity contribution in [1.29, 1.82) is 0 Å². The molecule has 0 bridgehead atoms. The molecule has 4 aromatic heterocycles. The van der Waals surface area contributed by atoms with Gasteiger partial charge in [0.1, 0.15) is 10.5 Å². The number of alkyl halides is 3. The van der Waals surface area contributed by atoms with E-state index in [9.17, 15) is 31.5 Å². The molecular formula is C28H27F3N6O5S. The second-order valence-electron chi connectivity index (χ2n) is 11.1. The number of ether oxygens (including phenoxy) is 1. The first kappa shape index (κ1) is 29.0. The number of rotatable bonds is 6. The van der Waals surface area contributed by atoms with E-state index < -0.39 is 45.9 Å². The molecule has 0 saturated heterocycles. The highest BCUT2D eigenvalue weighted by Gasteiger charge is 2.52. The van der Waals surface area contributed by atoms with Crippen LogP contribution >= 0.6 is 0 Å². The molecule has 1 spiro atoms. The average molecular weight is 617 g/mol. The Kier molecular flexibility index (Phi) is 6.73. The lowest BCUT2D eigenvalue weighted by molar-refractivity contribution is -0.145. The number of sulfonamides is 1. The summed E-state index contributed by atoms with van der Waals surface area (Å²) in [5, 5.41) is 16.8. The minimum atomic E-state index is -4.73. The van der Waals surface area contributed by atoms with Crippen molar-refractivity contribution in [3.8, 4) is 5.88 Å². The maximum atomic E-state index is 13.8. The van der Waals surface area contributed by atoms with Crippen molar-refractivity contribution in [3.63, 3.8) is 0 Å². The summed E-state index contributed by atoms with van der Waals surface area (Å²) in [6.07, 6.45) is 0.466. The highest BCUT2D eigenvalue weighted by Crippen LogP contribution is 2.46. The van der Waals surface area contributed by atoms with Crippen LogP contribution in [0, 0.1) is 20.8 Å². The zero-order valence-corrected chi connectivity index (χ0v) is 24.2. The van der Waals surface area contributed by atoms with Crippen molar-refractivity contribution in [1.82, 2.24) is 28.9 Å². The van der Waals surface area contributed by atoms with Gasteiger partial charge >= 0.3 is 12.1 Å². The van der Waals surface area contributed by atoms with E-state index in [2.05, 4.69) is 20.2 Å². The number of halogens is 3. The molecule has 15 heteroatoms. The summed E-state index contributed by atoms with van der Waals surface area (Å²) < 4.78 is 76.2. The van der Waals surface area contributed by atoms with E-state index in [0.29, 0.717) is 46.4 Å². The maximum absolute atomic E-state index is 13.8. The van der Waals surface area contributed by atoms with E-state index in [1.54, 1.807) is 33.0 Å². The van der Waals surface area contributed by atoms with Crippen molar-refractivity contribution in [2.75, 3.05) is 6.54 Å². The molecule has 1 N–H and O–H groups in total. The third-order valence-corrected chi connectivity index (χ3v) is 9.78. The Hall–Kier alpha value is -4.11. The molecule has 1 aliphatic heterocycles. The first-order valence-corrected chi connectivity index (χ1v) is 14.9. The number of pyridine rings is 3. The van der Waals surface area contributed by atoms with Gasteiger partial charge in [0.25, 0.3) is 0 Å². The minimum Gasteiger partial charge on any atom is -0.481 e. The molecule has 0 amide bonds. The molecular weight excluding hydrogens is 589 g/mol. The van der Waals surface area contributed by atoms with E-state index in [4.69, 9.17) is 4.74 Å². The SMILES string of the molecule is Cc1cnc2c(c1)S(=O)(=O)N(Cc1cc([C@@H](CC(=O)O)c3ccn4c(C(F)(F)F)nnc4c3C)cnc1C)CC1(CC1)O2. The molecule has 11 nitrogen and oxygen atoms in total. The highest BCUT2D eigenvalue weighted by molar-refractivity contribution is 7.89. The van der Waals surface area contributed by atoms with E-state index in [1.807, 2.05) is 0 Å². The quantitative estimate of drug-likeness (QED) is 0.338. The summed E-state index contributed by atoms with van der Waals surface area (Å²) in [6.45, 7) is 5.09. The fraction of sp³-hybridized carbons (Fsp3) is 0.393. The fourth-order valence-corrected chi connectivity index (χ4v) is 7.14. The van der Waals surface area contributed by atoms with Gasteiger partial charge in [-0.25, -0.2) is 13.4 Å². The van der Waals surface area contributed by atoms with Crippen LogP contribution in [0.2, 0.25) is 0 Å². The fourth-order valence-electron chi connectivity index (χ4n) is 5.50. The molecule has 1 saturated carbocycles.